The van der Waals surface area contributed by atoms with Gasteiger partial charge in [-0.2, -0.15) is 5.10 Å². The summed E-state index contributed by atoms with van der Waals surface area (Å²) in [5, 5.41) is 7.19. The lowest BCUT2D eigenvalue weighted by molar-refractivity contribution is 0.0619. The van der Waals surface area contributed by atoms with Gasteiger partial charge in [0.15, 0.2) is 0 Å². The number of aryl methyl sites for hydroxylation is 1. The van der Waals surface area contributed by atoms with E-state index in [0.717, 1.165) is 35.9 Å². The van der Waals surface area contributed by atoms with Crippen LogP contribution in [-0.2, 0) is 13.6 Å². The van der Waals surface area contributed by atoms with Crippen molar-refractivity contribution >= 4 is 17.2 Å². The number of rotatable bonds is 4. The molecule has 1 saturated heterocycles. The smallest absolute Gasteiger partial charge is 0.274 e. The van der Waals surface area contributed by atoms with Crippen LogP contribution in [0, 0.1) is 0 Å². The van der Waals surface area contributed by atoms with Crippen LogP contribution < -0.4 is 5.56 Å². The summed E-state index contributed by atoms with van der Waals surface area (Å²) in [6.45, 7) is 3.63. The monoisotopic (exact) mass is 395 g/mol. The van der Waals surface area contributed by atoms with E-state index in [9.17, 15) is 9.59 Å². The van der Waals surface area contributed by atoms with Gasteiger partial charge in [0.1, 0.15) is 10.7 Å². The maximum atomic E-state index is 12.6. The molecule has 4 rings (SSSR count). The fourth-order valence-electron chi connectivity index (χ4n) is 3.21. The van der Waals surface area contributed by atoms with Crippen LogP contribution in [0.4, 0.5) is 0 Å². The summed E-state index contributed by atoms with van der Waals surface area (Å²) in [5.74, 6) is -0.129. The van der Waals surface area contributed by atoms with Crippen molar-refractivity contribution in [1.29, 1.82) is 0 Å². The first-order valence-corrected chi connectivity index (χ1v) is 10.0. The van der Waals surface area contributed by atoms with E-state index in [0.29, 0.717) is 18.8 Å². The van der Waals surface area contributed by atoms with Crippen LogP contribution in [0.25, 0.3) is 10.6 Å². The van der Waals surface area contributed by atoms with Gasteiger partial charge in [-0.05, 0) is 6.07 Å². The maximum Gasteiger partial charge on any atom is 0.274 e. The predicted octanol–water partition coefficient (Wildman–Crippen LogP) is 1.86. The van der Waals surface area contributed by atoms with Gasteiger partial charge >= 0.3 is 0 Å². The topological polar surface area (TPSA) is 71.3 Å². The Hall–Kier alpha value is -2.84. The molecule has 1 aromatic carbocycles. The summed E-state index contributed by atoms with van der Waals surface area (Å²) in [6, 6.07) is 13.1. The first-order valence-electron chi connectivity index (χ1n) is 9.16. The number of nitrogens with zero attached hydrogens (tertiary/aromatic N) is 5. The molecule has 2 aromatic heterocycles. The van der Waals surface area contributed by atoms with Gasteiger partial charge in [-0.1, -0.05) is 30.3 Å². The standard InChI is InChI=1S/C20H21N5O2S/c1-23-18(26)8-7-17(22-23)20(27)25-11-9-24(10-12-25)13-16-14-28-19(21-16)15-5-3-2-4-6-15/h2-8,14H,9-13H2,1H3. The van der Waals surface area contributed by atoms with Crippen molar-refractivity contribution in [1.82, 2.24) is 24.6 Å². The number of hydrogen-bond donors (Lipinski definition) is 0. The van der Waals surface area contributed by atoms with Crippen LogP contribution in [0.15, 0.2) is 52.6 Å². The molecule has 0 N–H and O–H groups in total. The number of aromatic nitrogens is 3. The molecule has 7 nitrogen and oxygen atoms in total. The SMILES string of the molecule is Cn1nc(C(=O)N2CCN(Cc3csc(-c4ccccc4)n3)CC2)ccc1=O. The van der Waals surface area contributed by atoms with Gasteiger partial charge in [-0.15, -0.1) is 11.3 Å². The minimum absolute atomic E-state index is 0.129. The third-order valence-corrected chi connectivity index (χ3v) is 5.74. The Kier molecular flexibility index (Phi) is 5.31. The molecule has 28 heavy (non-hydrogen) atoms. The molecule has 1 aliphatic heterocycles. The summed E-state index contributed by atoms with van der Waals surface area (Å²) in [4.78, 5) is 32.9. The maximum absolute atomic E-state index is 12.6. The zero-order valence-electron chi connectivity index (χ0n) is 15.6. The van der Waals surface area contributed by atoms with E-state index in [4.69, 9.17) is 4.98 Å². The van der Waals surface area contributed by atoms with Gasteiger partial charge in [-0.25, -0.2) is 9.67 Å². The summed E-state index contributed by atoms with van der Waals surface area (Å²) in [6.07, 6.45) is 0. The molecule has 0 unspecified atom stereocenters. The molecular weight excluding hydrogens is 374 g/mol. The van der Waals surface area contributed by atoms with E-state index < -0.39 is 0 Å². The quantitative estimate of drug-likeness (QED) is 0.674. The first-order chi connectivity index (χ1) is 13.6. The molecule has 0 spiro atoms. The molecule has 3 heterocycles. The van der Waals surface area contributed by atoms with Crippen molar-refractivity contribution in [2.75, 3.05) is 26.2 Å². The molecule has 1 fully saturated rings. The van der Waals surface area contributed by atoms with Crippen molar-refractivity contribution in [3.05, 3.63) is 69.6 Å². The molecule has 0 bridgehead atoms. The Labute approximate surface area is 166 Å². The van der Waals surface area contributed by atoms with Gasteiger partial charge in [0.25, 0.3) is 11.5 Å². The van der Waals surface area contributed by atoms with Crippen molar-refractivity contribution in [3.63, 3.8) is 0 Å². The molecule has 1 amide bonds. The number of piperazine rings is 1. The number of thiazole rings is 1. The number of benzene rings is 1. The average molecular weight is 395 g/mol. The normalized spacial score (nSPS) is 15.0. The number of amides is 1. The zero-order chi connectivity index (χ0) is 19.5. The van der Waals surface area contributed by atoms with Crippen molar-refractivity contribution in [3.8, 4) is 10.6 Å². The van der Waals surface area contributed by atoms with Gasteiger partial charge in [0.2, 0.25) is 0 Å². The van der Waals surface area contributed by atoms with E-state index >= 15 is 0 Å². The molecule has 144 valence electrons. The third-order valence-electron chi connectivity index (χ3n) is 4.80. The molecule has 0 saturated carbocycles. The molecule has 0 radical (unpaired) electrons. The van der Waals surface area contributed by atoms with E-state index in [1.54, 1.807) is 23.3 Å². The minimum atomic E-state index is -0.223. The van der Waals surface area contributed by atoms with E-state index in [1.807, 2.05) is 18.2 Å². The second-order valence-electron chi connectivity index (χ2n) is 6.76. The molecular formula is C20H21N5O2S. The summed E-state index contributed by atoms with van der Waals surface area (Å²) >= 11 is 1.66. The van der Waals surface area contributed by atoms with Crippen LogP contribution in [0.5, 0.6) is 0 Å². The predicted molar refractivity (Wildman–Crippen MR) is 108 cm³/mol. The highest BCUT2D eigenvalue weighted by atomic mass is 32.1. The molecule has 0 atom stereocenters. The van der Waals surface area contributed by atoms with Crippen LogP contribution in [-0.4, -0.2) is 56.7 Å². The Morgan fingerprint density at radius 2 is 1.82 bits per heavy atom. The molecule has 1 aliphatic rings. The Bertz CT molecular complexity index is 1020. The number of carbonyl (C=O) groups is 1. The fourth-order valence-corrected chi connectivity index (χ4v) is 4.03. The highest BCUT2D eigenvalue weighted by Crippen LogP contribution is 2.24. The van der Waals surface area contributed by atoms with Gasteiger partial charge in [0, 0.05) is 56.8 Å². The minimum Gasteiger partial charge on any atom is -0.335 e. The lowest BCUT2D eigenvalue weighted by Crippen LogP contribution is -2.48. The number of carbonyl (C=O) groups excluding carboxylic acids is 1. The lowest BCUT2D eigenvalue weighted by atomic mass is 10.2. The van der Waals surface area contributed by atoms with Gasteiger partial charge in [-0.3, -0.25) is 14.5 Å². The van der Waals surface area contributed by atoms with Gasteiger partial charge in [0.05, 0.1) is 5.69 Å². The summed E-state index contributed by atoms with van der Waals surface area (Å²) in [7, 11) is 1.55. The van der Waals surface area contributed by atoms with E-state index in [-0.39, 0.29) is 11.5 Å². The Morgan fingerprint density at radius 3 is 2.54 bits per heavy atom. The van der Waals surface area contributed by atoms with Crippen LogP contribution in [0.1, 0.15) is 16.2 Å². The van der Waals surface area contributed by atoms with Crippen LogP contribution in [0.3, 0.4) is 0 Å². The van der Waals surface area contributed by atoms with Crippen molar-refractivity contribution in [2.45, 2.75) is 6.54 Å². The summed E-state index contributed by atoms with van der Waals surface area (Å²) in [5.41, 5.74) is 2.28. The van der Waals surface area contributed by atoms with E-state index in [1.165, 1.54) is 16.8 Å². The second-order valence-corrected chi connectivity index (χ2v) is 7.62. The summed E-state index contributed by atoms with van der Waals surface area (Å²) < 4.78 is 1.19. The Balaban J connectivity index is 1.34. The molecule has 8 heteroatoms. The van der Waals surface area contributed by atoms with Crippen molar-refractivity contribution in [2.24, 2.45) is 7.05 Å². The molecule has 0 aliphatic carbocycles. The first kappa shape index (κ1) is 18.5. The highest BCUT2D eigenvalue weighted by molar-refractivity contribution is 7.13. The highest BCUT2D eigenvalue weighted by Gasteiger charge is 2.23. The largest absolute Gasteiger partial charge is 0.335 e. The lowest BCUT2D eigenvalue weighted by Gasteiger charge is -2.34. The molecule has 3 aromatic rings. The zero-order valence-corrected chi connectivity index (χ0v) is 16.4. The number of hydrogen-bond acceptors (Lipinski definition) is 6. The van der Waals surface area contributed by atoms with E-state index in [2.05, 4.69) is 27.5 Å². The van der Waals surface area contributed by atoms with Crippen molar-refractivity contribution < 1.29 is 4.79 Å². The average Bonchev–Trinajstić information content (AvgIpc) is 3.19. The second kappa shape index (κ2) is 8.04. The Morgan fingerprint density at radius 1 is 1.07 bits per heavy atom. The fraction of sp³-hybridized carbons (Fsp3) is 0.300. The van der Waals surface area contributed by atoms with Gasteiger partial charge < -0.3 is 4.90 Å². The van der Waals surface area contributed by atoms with Crippen LogP contribution >= 0.6 is 11.3 Å². The van der Waals surface area contributed by atoms with Crippen LogP contribution in [0.2, 0.25) is 0 Å². The third kappa shape index (κ3) is 4.02.